The van der Waals surface area contributed by atoms with E-state index in [2.05, 4.69) is 4.98 Å². The van der Waals surface area contributed by atoms with Crippen molar-refractivity contribution in [3.8, 4) is 11.1 Å². The number of hydrogen-bond acceptors (Lipinski definition) is 2. The van der Waals surface area contributed by atoms with E-state index in [1.165, 1.54) is 18.2 Å². The maximum atomic E-state index is 14.5. The van der Waals surface area contributed by atoms with Crippen molar-refractivity contribution in [3.05, 3.63) is 89.2 Å². The van der Waals surface area contributed by atoms with Crippen LogP contribution in [-0.4, -0.2) is 14.7 Å². The Morgan fingerprint density at radius 1 is 1.00 bits per heavy atom. The number of aliphatic hydroxyl groups excluding tert-OH is 1. The molecule has 0 amide bonds. The number of fused-ring (bicyclic) bond motifs is 1. The van der Waals surface area contributed by atoms with Crippen molar-refractivity contribution in [2.75, 3.05) is 0 Å². The van der Waals surface area contributed by atoms with Gasteiger partial charge in [-0.2, -0.15) is 0 Å². The van der Waals surface area contributed by atoms with Gasteiger partial charge in [0.1, 0.15) is 17.3 Å². The van der Waals surface area contributed by atoms with E-state index >= 15 is 0 Å². The normalized spacial score (nSPS) is 11.3. The number of nitrogens with zero attached hydrogens (tertiary/aromatic N) is 2. The van der Waals surface area contributed by atoms with E-state index in [4.69, 9.17) is 0 Å². The molecule has 0 atom stereocenters. The summed E-state index contributed by atoms with van der Waals surface area (Å²) in [5, 5.41) is 10.6. The SMILES string of the molecule is Cc1nc2c(ccn2Cc2ccc(F)cc2)c(-c2ccccc2F)c1CO. The van der Waals surface area contributed by atoms with Gasteiger partial charge >= 0.3 is 0 Å². The van der Waals surface area contributed by atoms with Gasteiger partial charge in [0, 0.05) is 40.5 Å². The zero-order valence-electron chi connectivity index (χ0n) is 14.8. The molecule has 0 saturated carbocycles. The van der Waals surface area contributed by atoms with Crippen LogP contribution in [0.5, 0.6) is 0 Å². The van der Waals surface area contributed by atoms with E-state index in [0.29, 0.717) is 34.6 Å². The largest absolute Gasteiger partial charge is 0.392 e. The van der Waals surface area contributed by atoms with E-state index in [9.17, 15) is 13.9 Å². The lowest BCUT2D eigenvalue weighted by Crippen LogP contribution is -2.04. The van der Waals surface area contributed by atoms with Crippen molar-refractivity contribution in [3.63, 3.8) is 0 Å². The molecule has 2 aromatic carbocycles. The maximum Gasteiger partial charge on any atom is 0.141 e. The predicted molar refractivity (Wildman–Crippen MR) is 101 cm³/mol. The van der Waals surface area contributed by atoms with Crippen LogP contribution in [0.25, 0.3) is 22.2 Å². The van der Waals surface area contributed by atoms with Crippen molar-refractivity contribution >= 4 is 11.0 Å². The van der Waals surface area contributed by atoms with Crippen LogP contribution in [-0.2, 0) is 13.2 Å². The summed E-state index contributed by atoms with van der Waals surface area (Å²) in [5.41, 5.74) is 4.02. The average molecular weight is 364 g/mol. The molecule has 4 aromatic rings. The second kappa shape index (κ2) is 6.93. The highest BCUT2D eigenvalue weighted by molar-refractivity contribution is 5.96. The van der Waals surface area contributed by atoms with E-state index in [0.717, 1.165) is 10.9 Å². The van der Waals surface area contributed by atoms with Gasteiger partial charge in [-0.05, 0) is 36.8 Å². The van der Waals surface area contributed by atoms with Crippen molar-refractivity contribution in [2.45, 2.75) is 20.1 Å². The van der Waals surface area contributed by atoms with Gasteiger partial charge in [0.05, 0.1) is 6.61 Å². The molecule has 4 rings (SSSR count). The van der Waals surface area contributed by atoms with E-state index in [1.807, 2.05) is 23.8 Å². The van der Waals surface area contributed by atoms with Crippen LogP contribution < -0.4 is 0 Å². The fraction of sp³-hybridized carbons (Fsp3) is 0.136. The molecule has 136 valence electrons. The first kappa shape index (κ1) is 17.4. The Morgan fingerprint density at radius 2 is 1.74 bits per heavy atom. The van der Waals surface area contributed by atoms with Crippen LogP contribution in [0.15, 0.2) is 60.8 Å². The monoisotopic (exact) mass is 364 g/mol. The van der Waals surface area contributed by atoms with Gasteiger partial charge in [-0.15, -0.1) is 0 Å². The first-order valence-electron chi connectivity index (χ1n) is 8.67. The van der Waals surface area contributed by atoms with Crippen molar-refractivity contribution in [1.82, 2.24) is 9.55 Å². The van der Waals surface area contributed by atoms with Crippen LogP contribution in [0.3, 0.4) is 0 Å². The van der Waals surface area contributed by atoms with E-state index in [1.54, 1.807) is 30.3 Å². The molecular weight excluding hydrogens is 346 g/mol. The molecule has 1 N–H and O–H groups in total. The van der Waals surface area contributed by atoms with Gasteiger partial charge in [-0.1, -0.05) is 30.3 Å². The Hall–Kier alpha value is -3.05. The summed E-state index contributed by atoms with van der Waals surface area (Å²) in [4.78, 5) is 4.64. The first-order valence-corrected chi connectivity index (χ1v) is 8.67. The van der Waals surface area contributed by atoms with Crippen LogP contribution in [0, 0.1) is 18.6 Å². The molecule has 0 bridgehead atoms. The third-order valence-corrected chi connectivity index (χ3v) is 4.78. The van der Waals surface area contributed by atoms with Gasteiger partial charge in [-0.25, -0.2) is 13.8 Å². The molecule has 0 fully saturated rings. The smallest absolute Gasteiger partial charge is 0.141 e. The number of rotatable bonds is 4. The second-order valence-electron chi connectivity index (χ2n) is 6.50. The maximum absolute atomic E-state index is 14.5. The summed E-state index contributed by atoms with van der Waals surface area (Å²) in [7, 11) is 0. The zero-order valence-corrected chi connectivity index (χ0v) is 14.8. The highest BCUT2D eigenvalue weighted by atomic mass is 19.1. The van der Waals surface area contributed by atoms with Gasteiger partial charge in [0.2, 0.25) is 0 Å². The quantitative estimate of drug-likeness (QED) is 0.563. The Morgan fingerprint density at radius 3 is 2.44 bits per heavy atom. The Bertz CT molecular complexity index is 1120. The topological polar surface area (TPSA) is 38.0 Å². The average Bonchev–Trinajstić information content (AvgIpc) is 3.05. The van der Waals surface area contributed by atoms with Gasteiger partial charge in [-0.3, -0.25) is 0 Å². The predicted octanol–water partition coefficient (Wildman–Crippen LogP) is 4.83. The van der Waals surface area contributed by atoms with Crippen molar-refractivity contribution in [2.24, 2.45) is 0 Å². The zero-order chi connectivity index (χ0) is 19.0. The molecule has 0 radical (unpaired) electrons. The Balaban J connectivity index is 1.91. The lowest BCUT2D eigenvalue weighted by molar-refractivity contribution is 0.281. The van der Waals surface area contributed by atoms with Crippen LogP contribution in [0.2, 0.25) is 0 Å². The third-order valence-electron chi connectivity index (χ3n) is 4.78. The van der Waals surface area contributed by atoms with Crippen LogP contribution >= 0.6 is 0 Å². The Kier molecular flexibility index (Phi) is 4.46. The number of pyridine rings is 1. The second-order valence-corrected chi connectivity index (χ2v) is 6.50. The Labute approximate surface area is 155 Å². The van der Waals surface area contributed by atoms with Gasteiger partial charge in [0.15, 0.2) is 0 Å². The van der Waals surface area contributed by atoms with Gasteiger partial charge in [0.25, 0.3) is 0 Å². The molecule has 0 unspecified atom stereocenters. The standard InChI is InChI=1S/C22H18F2N2O/c1-14-19(13-27)21(17-4-2-3-5-20(17)24)18-10-11-26(22(18)25-14)12-15-6-8-16(23)9-7-15/h2-11,27H,12-13H2,1H3. The molecule has 2 heterocycles. The molecule has 3 nitrogen and oxygen atoms in total. The number of aryl methyl sites for hydroxylation is 1. The lowest BCUT2D eigenvalue weighted by atomic mass is 9.96. The van der Waals surface area contributed by atoms with E-state index < -0.39 is 0 Å². The molecule has 0 aliphatic carbocycles. The highest BCUT2D eigenvalue weighted by Crippen LogP contribution is 2.35. The molecule has 0 aliphatic heterocycles. The minimum absolute atomic E-state index is 0.221. The summed E-state index contributed by atoms with van der Waals surface area (Å²) in [6.45, 7) is 2.11. The molecule has 0 saturated heterocycles. The lowest BCUT2D eigenvalue weighted by Gasteiger charge is -2.14. The highest BCUT2D eigenvalue weighted by Gasteiger charge is 2.18. The van der Waals surface area contributed by atoms with Crippen molar-refractivity contribution < 1.29 is 13.9 Å². The summed E-state index contributed by atoms with van der Waals surface area (Å²) >= 11 is 0. The molecule has 2 aromatic heterocycles. The fourth-order valence-electron chi connectivity index (χ4n) is 3.43. The molecule has 5 heteroatoms. The minimum atomic E-state index is -0.342. The van der Waals surface area contributed by atoms with Crippen molar-refractivity contribution in [1.29, 1.82) is 0 Å². The van der Waals surface area contributed by atoms with Crippen LogP contribution in [0.4, 0.5) is 8.78 Å². The first-order chi connectivity index (χ1) is 13.1. The summed E-state index contributed by atoms with van der Waals surface area (Å²) in [6.07, 6.45) is 1.88. The van der Waals surface area contributed by atoms with Crippen LogP contribution in [0.1, 0.15) is 16.8 Å². The fourth-order valence-corrected chi connectivity index (χ4v) is 3.43. The van der Waals surface area contributed by atoms with E-state index in [-0.39, 0.29) is 18.2 Å². The molecule has 0 aliphatic rings. The van der Waals surface area contributed by atoms with Gasteiger partial charge < -0.3 is 9.67 Å². The molecule has 0 spiro atoms. The molecule has 27 heavy (non-hydrogen) atoms. The summed E-state index contributed by atoms with van der Waals surface area (Å²) in [5.74, 6) is -0.620. The number of hydrogen-bond donors (Lipinski definition) is 1. The number of aromatic nitrogens is 2. The summed E-state index contributed by atoms with van der Waals surface area (Å²) in [6, 6.07) is 14.7. The summed E-state index contributed by atoms with van der Waals surface area (Å²) < 4.78 is 29.6. The third kappa shape index (κ3) is 3.11. The number of benzene rings is 2. The minimum Gasteiger partial charge on any atom is -0.392 e. The number of aliphatic hydroxyl groups is 1. The molecular formula is C22H18F2N2O. The number of halogens is 2.